The van der Waals surface area contributed by atoms with Crippen LogP contribution in [0, 0.1) is 0 Å². The van der Waals surface area contributed by atoms with Crippen LogP contribution < -0.4 is 10.0 Å². The lowest BCUT2D eigenvalue weighted by atomic mass is 9.87. The first-order valence-corrected chi connectivity index (χ1v) is 11.7. The molecular weight excluding hydrogens is 414 g/mol. The van der Waals surface area contributed by atoms with E-state index >= 15 is 0 Å². The number of rotatable bonds is 8. The molecule has 0 fully saturated rings. The minimum absolute atomic E-state index is 0.0322. The molecule has 0 spiro atoms. The van der Waals surface area contributed by atoms with E-state index in [0.717, 1.165) is 9.87 Å². The number of likely N-dealkylation sites (N-methyl/N-ethyl adjacent to an activating group) is 1. The van der Waals surface area contributed by atoms with Crippen LogP contribution >= 0.6 is 0 Å². The molecule has 7 nitrogen and oxygen atoms in total. The first kappa shape index (κ1) is 24.4. The Hall–Kier alpha value is -2.87. The van der Waals surface area contributed by atoms with Crippen molar-refractivity contribution in [3.05, 3.63) is 59.7 Å². The summed E-state index contributed by atoms with van der Waals surface area (Å²) in [7, 11) is -4.14. The van der Waals surface area contributed by atoms with Gasteiger partial charge in [0.05, 0.1) is 16.1 Å². The summed E-state index contributed by atoms with van der Waals surface area (Å²) in [5.74, 6) is -1.13. The maximum absolute atomic E-state index is 13.6. The van der Waals surface area contributed by atoms with E-state index in [2.05, 4.69) is 0 Å². The van der Waals surface area contributed by atoms with Gasteiger partial charge in [0.2, 0.25) is 5.91 Å². The van der Waals surface area contributed by atoms with Gasteiger partial charge in [0.15, 0.2) is 0 Å². The molecule has 31 heavy (non-hydrogen) atoms. The Kier molecular flexibility index (Phi) is 7.49. The Morgan fingerprint density at radius 3 is 1.97 bits per heavy atom. The molecule has 0 bridgehead atoms. The van der Waals surface area contributed by atoms with Gasteiger partial charge < -0.3 is 10.6 Å². The first-order valence-electron chi connectivity index (χ1n) is 10.2. The van der Waals surface area contributed by atoms with Gasteiger partial charge in [-0.15, -0.1) is 0 Å². The van der Waals surface area contributed by atoms with Gasteiger partial charge in [0.1, 0.15) is 6.54 Å². The van der Waals surface area contributed by atoms with Crippen molar-refractivity contribution < 1.29 is 18.0 Å². The number of anilines is 1. The molecule has 2 N–H and O–H groups in total. The molecule has 0 aliphatic heterocycles. The number of carbonyl (C=O) groups excluding carboxylic acids is 2. The highest BCUT2D eigenvalue weighted by Crippen LogP contribution is 2.29. The molecule has 2 amide bonds. The van der Waals surface area contributed by atoms with Crippen molar-refractivity contribution in [2.75, 3.05) is 23.9 Å². The zero-order valence-electron chi connectivity index (χ0n) is 18.8. The van der Waals surface area contributed by atoms with E-state index in [1.165, 1.54) is 29.2 Å². The molecule has 0 unspecified atom stereocenters. The van der Waals surface area contributed by atoms with Crippen LogP contribution in [0.5, 0.6) is 0 Å². The summed E-state index contributed by atoms with van der Waals surface area (Å²) in [4.78, 5) is 26.4. The third-order valence-corrected chi connectivity index (χ3v) is 6.92. The number of amides is 2. The van der Waals surface area contributed by atoms with Crippen LogP contribution in [0.4, 0.5) is 5.69 Å². The third kappa shape index (κ3) is 5.44. The molecule has 0 saturated carbocycles. The second-order valence-electron chi connectivity index (χ2n) is 8.23. The molecule has 0 radical (unpaired) electrons. The van der Waals surface area contributed by atoms with Gasteiger partial charge in [-0.25, -0.2) is 8.42 Å². The summed E-state index contributed by atoms with van der Waals surface area (Å²) in [5.41, 5.74) is 6.44. The number of hydrogen-bond acceptors (Lipinski definition) is 4. The molecule has 2 aromatic rings. The van der Waals surface area contributed by atoms with Crippen molar-refractivity contribution >= 4 is 27.5 Å². The summed E-state index contributed by atoms with van der Waals surface area (Å²) in [6.45, 7) is 10.2. The topological polar surface area (TPSA) is 101 Å². The summed E-state index contributed by atoms with van der Waals surface area (Å²) in [6, 6.07) is 12.7. The quantitative estimate of drug-likeness (QED) is 0.674. The molecule has 0 aromatic heterocycles. The molecule has 0 atom stereocenters. The maximum Gasteiger partial charge on any atom is 0.264 e. The standard InChI is InChI=1S/C23H31N3O4S/c1-6-25(7-2)21(27)16-26(20-11-9-8-10-19(20)22(24)28)31(29,30)18-14-12-17(13-15-18)23(3,4)5/h8-15H,6-7,16H2,1-5H3,(H2,24,28). The van der Waals surface area contributed by atoms with E-state index in [4.69, 9.17) is 5.73 Å². The minimum atomic E-state index is -4.14. The number of sulfonamides is 1. The fourth-order valence-corrected chi connectivity index (χ4v) is 4.69. The average molecular weight is 446 g/mol. The van der Waals surface area contributed by atoms with Crippen molar-refractivity contribution in [2.45, 2.75) is 44.9 Å². The van der Waals surface area contributed by atoms with E-state index in [-0.39, 0.29) is 27.5 Å². The van der Waals surface area contributed by atoms with Crippen LogP contribution in [-0.4, -0.2) is 44.8 Å². The lowest BCUT2D eigenvalue weighted by Gasteiger charge is -2.28. The number of carbonyl (C=O) groups is 2. The Morgan fingerprint density at radius 1 is 0.935 bits per heavy atom. The Labute approximate surface area is 184 Å². The van der Waals surface area contributed by atoms with Crippen LogP contribution in [-0.2, 0) is 20.2 Å². The predicted octanol–water partition coefficient (Wildman–Crippen LogP) is 3.15. The van der Waals surface area contributed by atoms with Crippen molar-refractivity contribution in [1.29, 1.82) is 0 Å². The van der Waals surface area contributed by atoms with E-state index in [1.54, 1.807) is 24.3 Å². The fraction of sp³-hybridized carbons (Fsp3) is 0.391. The molecule has 2 aromatic carbocycles. The van der Waals surface area contributed by atoms with Crippen LogP contribution in [0.2, 0.25) is 0 Å². The van der Waals surface area contributed by atoms with Crippen molar-refractivity contribution in [3.8, 4) is 0 Å². The SMILES string of the molecule is CCN(CC)C(=O)CN(c1ccccc1C(N)=O)S(=O)(=O)c1ccc(C(C)(C)C)cc1. The van der Waals surface area contributed by atoms with Gasteiger partial charge in [-0.1, -0.05) is 45.0 Å². The van der Waals surface area contributed by atoms with E-state index < -0.39 is 22.5 Å². The van der Waals surface area contributed by atoms with Crippen LogP contribution in [0.15, 0.2) is 53.4 Å². The molecule has 0 aliphatic rings. The number of para-hydroxylation sites is 1. The fourth-order valence-electron chi connectivity index (χ4n) is 3.25. The molecule has 0 aliphatic carbocycles. The first-order chi connectivity index (χ1) is 14.4. The number of nitrogens with zero attached hydrogens (tertiary/aromatic N) is 2. The molecule has 8 heteroatoms. The monoisotopic (exact) mass is 445 g/mol. The normalized spacial score (nSPS) is 11.8. The van der Waals surface area contributed by atoms with E-state index in [1.807, 2.05) is 34.6 Å². The highest BCUT2D eigenvalue weighted by Gasteiger charge is 2.31. The van der Waals surface area contributed by atoms with Crippen molar-refractivity contribution in [1.82, 2.24) is 4.90 Å². The molecule has 0 saturated heterocycles. The largest absolute Gasteiger partial charge is 0.366 e. The Balaban J connectivity index is 2.61. The van der Waals surface area contributed by atoms with Gasteiger partial charge in [-0.2, -0.15) is 0 Å². The lowest BCUT2D eigenvalue weighted by Crippen LogP contribution is -2.43. The number of primary amides is 1. The van der Waals surface area contributed by atoms with Gasteiger partial charge in [0.25, 0.3) is 15.9 Å². The highest BCUT2D eigenvalue weighted by atomic mass is 32.2. The summed E-state index contributed by atoms with van der Waals surface area (Å²) < 4.78 is 28.2. The lowest BCUT2D eigenvalue weighted by molar-refractivity contribution is -0.129. The van der Waals surface area contributed by atoms with Gasteiger partial charge in [-0.3, -0.25) is 13.9 Å². The van der Waals surface area contributed by atoms with Crippen molar-refractivity contribution in [3.63, 3.8) is 0 Å². The third-order valence-electron chi connectivity index (χ3n) is 5.14. The summed E-state index contributed by atoms with van der Waals surface area (Å²) >= 11 is 0. The zero-order chi connectivity index (χ0) is 23.4. The minimum Gasteiger partial charge on any atom is -0.366 e. The molecule has 2 rings (SSSR count). The molecular formula is C23H31N3O4S. The van der Waals surface area contributed by atoms with Gasteiger partial charge in [-0.05, 0) is 49.1 Å². The molecule has 168 valence electrons. The van der Waals surface area contributed by atoms with Gasteiger partial charge in [0, 0.05) is 13.1 Å². The zero-order valence-corrected chi connectivity index (χ0v) is 19.6. The second kappa shape index (κ2) is 9.51. The summed E-state index contributed by atoms with van der Waals surface area (Å²) in [6.07, 6.45) is 0. The Bertz CT molecular complexity index is 1040. The van der Waals surface area contributed by atoms with E-state index in [9.17, 15) is 18.0 Å². The molecule has 0 heterocycles. The Morgan fingerprint density at radius 2 is 1.48 bits per heavy atom. The maximum atomic E-state index is 13.6. The smallest absolute Gasteiger partial charge is 0.264 e. The number of nitrogens with two attached hydrogens (primary N) is 1. The number of benzene rings is 2. The van der Waals surface area contributed by atoms with Crippen LogP contribution in [0.1, 0.15) is 50.5 Å². The van der Waals surface area contributed by atoms with Crippen molar-refractivity contribution in [2.24, 2.45) is 5.73 Å². The van der Waals surface area contributed by atoms with E-state index in [0.29, 0.717) is 13.1 Å². The van der Waals surface area contributed by atoms with Gasteiger partial charge >= 0.3 is 0 Å². The van der Waals surface area contributed by atoms with Crippen LogP contribution in [0.3, 0.4) is 0 Å². The average Bonchev–Trinajstić information content (AvgIpc) is 2.72. The second-order valence-corrected chi connectivity index (χ2v) is 10.1. The van der Waals surface area contributed by atoms with Crippen LogP contribution in [0.25, 0.3) is 0 Å². The summed E-state index contributed by atoms with van der Waals surface area (Å²) in [5, 5.41) is 0. The highest BCUT2D eigenvalue weighted by molar-refractivity contribution is 7.92. The number of hydrogen-bond donors (Lipinski definition) is 1. The predicted molar refractivity (Wildman–Crippen MR) is 123 cm³/mol.